The van der Waals surface area contributed by atoms with Gasteiger partial charge in [0.2, 0.25) is 5.88 Å². The fourth-order valence-corrected chi connectivity index (χ4v) is 3.72. The van der Waals surface area contributed by atoms with Crippen LogP contribution in [0, 0.1) is 11.6 Å². The molecule has 4 aromatic rings. The van der Waals surface area contributed by atoms with E-state index in [4.69, 9.17) is 4.74 Å². The summed E-state index contributed by atoms with van der Waals surface area (Å²) in [6, 6.07) is 10.0. The molecule has 0 bridgehead atoms. The summed E-state index contributed by atoms with van der Waals surface area (Å²) < 4.78 is 76.8. The summed E-state index contributed by atoms with van der Waals surface area (Å²) in [6.45, 7) is -0.601. The lowest BCUT2D eigenvalue weighted by molar-refractivity contribution is -0.274. The van der Waals surface area contributed by atoms with E-state index >= 15 is 0 Å². The molecule has 0 fully saturated rings. The van der Waals surface area contributed by atoms with Crippen LogP contribution in [0.15, 0.2) is 54.7 Å². The highest BCUT2D eigenvalue weighted by Gasteiger charge is 2.31. The summed E-state index contributed by atoms with van der Waals surface area (Å²) in [5, 5.41) is 10.5. The molecule has 5 nitrogen and oxygen atoms in total. The van der Waals surface area contributed by atoms with E-state index in [2.05, 4.69) is 9.72 Å². The van der Waals surface area contributed by atoms with E-state index in [1.807, 2.05) is 0 Å². The van der Waals surface area contributed by atoms with Crippen LogP contribution in [0.5, 0.6) is 11.6 Å². The van der Waals surface area contributed by atoms with Crippen LogP contribution < -0.4 is 9.47 Å². The Morgan fingerprint density at radius 1 is 1.03 bits per heavy atom. The van der Waals surface area contributed by atoms with Crippen molar-refractivity contribution in [3.63, 3.8) is 0 Å². The van der Waals surface area contributed by atoms with E-state index in [0.717, 1.165) is 18.2 Å². The zero-order valence-corrected chi connectivity index (χ0v) is 17.2. The standard InChI is InChI=1S/C23H17F5N2O3/c1-32-21-7-3-13(10-29-21)22-17-9-16(33-23(26,27)28)5-6-19(17)30(20(22)12-31)11-14-2-4-15(24)8-18(14)25/h2-10,31H,11-12H2,1H3. The number of aliphatic hydroxyl groups is 1. The molecule has 172 valence electrons. The van der Waals surface area contributed by atoms with Crippen molar-refractivity contribution in [1.29, 1.82) is 0 Å². The third kappa shape index (κ3) is 4.61. The molecule has 0 saturated carbocycles. The monoisotopic (exact) mass is 464 g/mol. The van der Waals surface area contributed by atoms with Crippen molar-refractivity contribution < 1.29 is 36.5 Å². The van der Waals surface area contributed by atoms with Crippen LogP contribution in [0.1, 0.15) is 11.3 Å². The lowest BCUT2D eigenvalue weighted by atomic mass is 10.0. The molecule has 33 heavy (non-hydrogen) atoms. The van der Waals surface area contributed by atoms with Gasteiger partial charge in [-0.3, -0.25) is 0 Å². The fraction of sp³-hybridized carbons (Fsp3) is 0.174. The molecule has 2 aromatic heterocycles. The molecule has 4 rings (SSSR count). The van der Waals surface area contributed by atoms with Gasteiger partial charge in [0.05, 0.1) is 26.0 Å². The molecule has 0 spiro atoms. The normalized spacial score (nSPS) is 11.7. The van der Waals surface area contributed by atoms with Gasteiger partial charge in [0.1, 0.15) is 17.4 Å². The van der Waals surface area contributed by atoms with Crippen LogP contribution in [-0.2, 0) is 13.2 Å². The third-order valence-corrected chi connectivity index (χ3v) is 5.10. The molecule has 0 saturated heterocycles. The second kappa shape index (κ2) is 8.70. The molecule has 2 heterocycles. The summed E-state index contributed by atoms with van der Waals surface area (Å²) >= 11 is 0. The number of nitrogens with zero attached hydrogens (tertiary/aromatic N) is 2. The number of alkyl halides is 3. The highest BCUT2D eigenvalue weighted by Crippen LogP contribution is 2.38. The van der Waals surface area contributed by atoms with Gasteiger partial charge in [0.15, 0.2) is 0 Å². The first-order chi connectivity index (χ1) is 15.7. The van der Waals surface area contributed by atoms with E-state index in [9.17, 15) is 27.1 Å². The summed E-state index contributed by atoms with van der Waals surface area (Å²) in [5.41, 5.74) is 1.76. The first-order valence-electron chi connectivity index (χ1n) is 9.66. The first-order valence-corrected chi connectivity index (χ1v) is 9.66. The first kappa shape index (κ1) is 22.5. The fourth-order valence-electron chi connectivity index (χ4n) is 3.72. The summed E-state index contributed by atoms with van der Waals surface area (Å²) in [4.78, 5) is 4.13. The maximum Gasteiger partial charge on any atom is 0.573 e. The van der Waals surface area contributed by atoms with Crippen molar-refractivity contribution >= 4 is 10.9 Å². The van der Waals surface area contributed by atoms with E-state index in [1.165, 1.54) is 31.5 Å². The highest BCUT2D eigenvalue weighted by molar-refractivity contribution is 5.99. The van der Waals surface area contributed by atoms with Crippen molar-refractivity contribution in [2.75, 3.05) is 7.11 Å². The van der Waals surface area contributed by atoms with Gasteiger partial charge in [-0.1, -0.05) is 6.07 Å². The maximum absolute atomic E-state index is 14.4. The van der Waals surface area contributed by atoms with Crippen molar-refractivity contribution in [2.24, 2.45) is 0 Å². The number of hydrogen-bond acceptors (Lipinski definition) is 4. The van der Waals surface area contributed by atoms with Gasteiger partial charge in [-0.05, 0) is 30.3 Å². The average molecular weight is 464 g/mol. The Labute approximate surface area is 184 Å². The predicted molar refractivity (Wildman–Crippen MR) is 110 cm³/mol. The van der Waals surface area contributed by atoms with Gasteiger partial charge in [0, 0.05) is 45.9 Å². The Kier molecular flexibility index (Phi) is 5.94. The van der Waals surface area contributed by atoms with Crippen molar-refractivity contribution in [3.8, 4) is 22.8 Å². The summed E-state index contributed by atoms with van der Waals surface area (Å²) in [6.07, 6.45) is -3.44. The number of aromatic nitrogens is 2. The number of aliphatic hydroxyl groups excluding tert-OH is 1. The molecule has 1 N–H and O–H groups in total. The molecular formula is C23H17F5N2O3. The Bertz CT molecular complexity index is 1300. The van der Waals surface area contributed by atoms with Crippen molar-refractivity contribution in [2.45, 2.75) is 19.5 Å². The topological polar surface area (TPSA) is 56.5 Å². The predicted octanol–water partition coefficient (Wildman–Crippen LogP) is 5.43. The van der Waals surface area contributed by atoms with Crippen molar-refractivity contribution in [1.82, 2.24) is 9.55 Å². The minimum Gasteiger partial charge on any atom is -0.481 e. The van der Waals surface area contributed by atoms with Crippen LogP contribution in [0.25, 0.3) is 22.0 Å². The molecule has 0 aliphatic rings. The number of rotatable bonds is 6. The Hall–Kier alpha value is -3.66. The average Bonchev–Trinajstić information content (AvgIpc) is 3.07. The van der Waals surface area contributed by atoms with Gasteiger partial charge < -0.3 is 19.1 Å². The molecule has 0 aliphatic carbocycles. The van der Waals surface area contributed by atoms with E-state index in [-0.39, 0.29) is 12.1 Å². The number of halogens is 5. The minimum absolute atomic E-state index is 0.0957. The lowest BCUT2D eigenvalue weighted by Gasteiger charge is -2.12. The molecule has 0 atom stereocenters. The van der Waals surface area contributed by atoms with Crippen LogP contribution in [-0.4, -0.2) is 28.1 Å². The number of methoxy groups -OCH3 is 1. The number of hydrogen-bond donors (Lipinski definition) is 1. The van der Waals surface area contributed by atoms with Gasteiger partial charge in [-0.2, -0.15) is 0 Å². The van der Waals surface area contributed by atoms with Crippen LogP contribution in [0.3, 0.4) is 0 Å². The zero-order chi connectivity index (χ0) is 23.8. The SMILES string of the molecule is COc1ccc(-c2c(CO)n(Cc3ccc(F)cc3F)c3ccc(OC(F)(F)F)cc23)cn1. The van der Waals surface area contributed by atoms with Gasteiger partial charge in [0.25, 0.3) is 0 Å². The summed E-state index contributed by atoms with van der Waals surface area (Å²) in [7, 11) is 1.44. The number of pyridine rings is 1. The zero-order valence-electron chi connectivity index (χ0n) is 17.2. The van der Waals surface area contributed by atoms with Crippen LogP contribution in [0.2, 0.25) is 0 Å². The van der Waals surface area contributed by atoms with Crippen molar-refractivity contribution in [3.05, 3.63) is 77.6 Å². The highest BCUT2D eigenvalue weighted by atomic mass is 19.4. The van der Waals surface area contributed by atoms with Gasteiger partial charge >= 0.3 is 6.36 Å². The van der Waals surface area contributed by atoms with Crippen LogP contribution in [0.4, 0.5) is 22.0 Å². The Morgan fingerprint density at radius 3 is 2.42 bits per heavy atom. The second-order valence-electron chi connectivity index (χ2n) is 7.12. The molecule has 0 amide bonds. The molecule has 0 aliphatic heterocycles. The number of ether oxygens (including phenoxy) is 2. The van der Waals surface area contributed by atoms with Crippen LogP contribution >= 0.6 is 0 Å². The molecule has 0 unspecified atom stereocenters. The smallest absolute Gasteiger partial charge is 0.481 e. The molecule has 0 radical (unpaired) electrons. The third-order valence-electron chi connectivity index (χ3n) is 5.10. The Balaban J connectivity index is 1.94. The van der Waals surface area contributed by atoms with E-state index in [0.29, 0.717) is 33.6 Å². The minimum atomic E-state index is -4.89. The van der Waals surface area contributed by atoms with E-state index < -0.39 is 30.4 Å². The Morgan fingerprint density at radius 2 is 1.82 bits per heavy atom. The van der Waals surface area contributed by atoms with Gasteiger partial charge in [-0.15, -0.1) is 13.2 Å². The largest absolute Gasteiger partial charge is 0.573 e. The molecular weight excluding hydrogens is 447 g/mol. The lowest BCUT2D eigenvalue weighted by Crippen LogP contribution is -2.17. The van der Waals surface area contributed by atoms with Gasteiger partial charge in [-0.25, -0.2) is 13.8 Å². The second-order valence-corrected chi connectivity index (χ2v) is 7.12. The quantitative estimate of drug-likeness (QED) is 0.387. The maximum atomic E-state index is 14.4. The molecule has 2 aromatic carbocycles. The molecule has 10 heteroatoms. The van der Waals surface area contributed by atoms with E-state index in [1.54, 1.807) is 16.7 Å². The summed E-state index contributed by atoms with van der Waals surface area (Å²) in [5.74, 6) is -1.66. The number of benzene rings is 2. The number of fused-ring (bicyclic) bond motifs is 1.